The van der Waals surface area contributed by atoms with Crippen molar-refractivity contribution in [3.8, 4) is 0 Å². The van der Waals surface area contributed by atoms with Crippen LogP contribution in [0.25, 0.3) is 0 Å². The summed E-state index contributed by atoms with van der Waals surface area (Å²) >= 11 is 0. The van der Waals surface area contributed by atoms with Crippen LogP contribution in [0, 0.1) is 27.7 Å². The molecule has 10 aliphatic rings. The fourth-order valence-corrected chi connectivity index (χ4v) is 151. The van der Waals surface area contributed by atoms with E-state index < -0.39 is 6.65 Å². The first kappa shape index (κ1) is 21.1. The molecule has 3 heteroatoms. The number of aryl methyl sites for hydroxylation is 4. The molecule has 0 bridgehead atoms. The van der Waals surface area contributed by atoms with Crippen molar-refractivity contribution in [2.75, 3.05) is 0 Å². The molecule has 10 fully saturated rings. The molecule has 41 heavy (non-hydrogen) atoms. The van der Waals surface area contributed by atoms with E-state index in [9.17, 15) is 0 Å². The zero-order chi connectivity index (χ0) is 27.0. The van der Waals surface area contributed by atoms with Crippen LogP contribution in [-0.2, 0) is 6.65 Å². The summed E-state index contributed by atoms with van der Waals surface area (Å²) in [5, 5.41) is 7.10. The normalized spacial score (nSPS) is 58.2. The van der Waals surface area contributed by atoms with Crippen LogP contribution in [0.2, 0.25) is 38.2 Å². The summed E-state index contributed by atoms with van der Waals surface area (Å²) in [6.45, 7) is 5.62. The van der Waals surface area contributed by atoms with Gasteiger partial charge in [-0.1, -0.05) is 0 Å². The molecule has 0 radical (unpaired) electrons. The van der Waals surface area contributed by atoms with Gasteiger partial charge in [0.1, 0.15) is 0 Å². The molecule has 10 saturated heterocycles. The van der Waals surface area contributed by atoms with Crippen LogP contribution in [0.4, 0.5) is 0 Å². The van der Waals surface area contributed by atoms with Crippen molar-refractivity contribution in [3.05, 3.63) is 119 Å². The van der Waals surface area contributed by atoms with E-state index in [1.807, 2.05) is 0 Å². The molecule has 4 aromatic rings. The van der Waals surface area contributed by atoms with E-state index >= 15 is 0 Å². The Labute approximate surface area is 235 Å². The molecule has 0 aromatic heterocycles. The van der Waals surface area contributed by atoms with Gasteiger partial charge in [0.15, 0.2) is 0 Å². The van der Waals surface area contributed by atoms with E-state index in [0.29, 0.717) is 8.04 Å². The summed E-state index contributed by atoms with van der Waals surface area (Å²) in [5.41, 5.74) is 6.30. The standard InChI is InChI=1S/C33H31P2.C5H5.Cr/c1-24-14-5-9-18-28(24)34(29-19-10-6-15-25(29)2)32-22-13-23-33(32)35(30-20-11-7-16-26(30)3)31-21-12-8-17-27(31)4;1-2-4-5-3-1;/h5-23H,1-4H3;1-5H;. The molecule has 4 unspecified atom stereocenters. The molecule has 1 spiro atoms. The van der Waals surface area contributed by atoms with Crippen molar-refractivity contribution in [3.63, 3.8) is 0 Å². The fourth-order valence-electron chi connectivity index (χ4n) is 24.7. The maximum atomic E-state index is 2.61. The SMILES string of the molecule is Cc1ccccc1P(c1ccccc1C)[C]12[CH]3[CH]4[CH]5[C]1(P(c1ccccc1C)c1ccccc1C)[Cr]43521678[CH]2[CH]1[CH]6[CH]7[CH]28. The molecule has 14 rings (SSSR count). The van der Waals surface area contributed by atoms with Crippen LogP contribution in [0.3, 0.4) is 0 Å². The van der Waals surface area contributed by atoms with E-state index in [2.05, 4.69) is 125 Å². The summed E-state index contributed by atoms with van der Waals surface area (Å²) in [6.07, 6.45) is 0. The van der Waals surface area contributed by atoms with Gasteiger partial charge in [-0.2, -0.15) is 0 Å². The van der Waals surface area contributed by atoms with Crippen molar-refractivity contribution in [2.24, 2.45) is 0 Å². The van der Waals surface area contributed by atoms with Gasteiger partial charge >= 0.3 is 237 Å². The molecule has 0 N–H and O–H groups in total. The Hall–Kier alpha value is -1.73. The van der Waals surface area contributed by atoms with Crippen LogP contribution >= 0.6 is 15.8 Å². The van der Waals surface area contributed by atoms with Gasteiger partial charge < -0.3 is 0 Å². The topological polar surface area (TPSA) is 0 Å². The first-order valence-electron chi connectivity index (χ1n) is 16.1. The third-order valence-corrected chi connectivity index (χ3v) is 88.4. The van der Waals surface area contributed by atoms with E-state index in [0.717, 1.165) is 0 Å². The van der Waals surface area contributed by atoms with Crippen LogP contribution in [0.15, 0.2) is 97.1 Å². The Morgan fingerprint density at radius 3 is 0.902 bits per heavy atom. The fraction of sp³-hybridized carbons (Fsp3) is 0.368. The number of benzene rings is 4. The van der Waals surface area contributed by atoms with E-state index in [-0.39, 0.29) is 15.8 Å². The Kier molecular flexibility index (Phi) is 1.74. The molecular formula is C38H36CrP2. The first-order chi connectivity index (χ1) is 19.8. The van der Waals surface area contributed by atoms with Gasteiger partial charge in [-0.15, -0.1) is 0 Å². The van der Waals surface area contributed by atoms with Crippen molar-refractivity contribution in [1.29, 1.82) is 0 Å². The van der Waals surface area contributed by atoms with Gasteiger partial charge in [-0.25, -0.2) is 0 Å². The Bertz CT molecular complexity index is 2140. The van der Waals surface area contributed by atoms with Crippen LogP contribution in [-0.4, -0.2) is 8.04 Å². The first-order valence-corrected chi connectivity index (χ1v) is 26.0. The third kappa shape index (κ3) is 0.570. The number of hydrogen-bond donors (Lipinski definition) is 0. The Balaban J connectivity index is 1.18. The van der Waals surface area contributed by atoms with Crippen molar-refractivity contribution < 1.29 is 6.65 Å². The third-order valence-electron chi connectivity index (χ3n) is 22.9. The van der Waals surface area contributed by atoms with E-state index in [1.54, 1.807) is 43.5 Å². The van der Waals surface area contributed by atoms with Gasteiger partial charge in [-0.05, 0) is 0 Å². The molecule has 10 aliphatic heterocycles. The summed E-state index contributed by atoms with van der Waals surface area (Å²) < 4.78 is 11.6. The van der Waals surface area contributed by atoms with Gasteiger partial charge in [0.2, 0.25) is 0 Å². The minimum atomic E-state index is -4.19. The van der Waals surface area contributed by atoms with E-state index in [1.165, 1.54) is 38.2 Å². The minimum absolute atomic E-state index is 0.369. The van der Waals surface area contributed by atoms with Crippen molar-refractivity contribution in [2.45, 2.75) is 74.0 Å². The predicted molar refractivity (Wildman–Crippen MR) is 173 cm³/mol. The zero-order valence-corrected chi connectivity index (χ0v) is 27.2. The zero-order valence-electron chi connectivity index (χ0n) is 24.2. The quantitative estimate of drug-likeness (QED) is 0.193. The Morgan fingerprint density at radius 2 is 0.683 bits per heavy atom. The number of rotatable bonds is 6. The average Bonchev–Trinajstić information content (AvgIpc) is 3.93. The van der Waals surface area contributed by atoms with Crippen LogP contribution in [0.1, 0.15) is 22.3 Å². The maximum absolute atomic E-state index is 4.19. The van der Waals surface area contributed by atoms with Gasteiger partial charge in [0.05, 0.1) is 0 Å². The summed E-state index contributed by atoms with van der Waals surface area (Å²) in [6, 6.07) is 39.0. The Morgan fingerprint density at radius 1 is 0.415 bits per heavy atom. The molecule has 4 atom stereocenters. The second kappa shape index (κ2) is 3.39. The molecule has 0 saturated carbocycles. The molecular weight excluding hydrogens is 570 g/mol. The molecule has 204 valence electrons. The summed E-state index contributed by atoms with van der Waals surface area (Å²) in [4.78, 5) is 0. The van der Waals surface area contributed by atoms with Crippen molar-refractivity contribution >= 4 is 37.1 Å². The summed E-state index contributed by atoms with van der Waals surface area (Å²) in [7, 11) is -0.738. The molecule has 0 nitrogen and oxygen atoms in total. The van der Waals surface area contributed by atoms with E-state index in [4.69, 9.17) is 0 Å². The van der Waals surface area contributed by atoms with Gasteiger partial charge in [0.25, 0.3) is 0 Å². The van der Waals surface area contributed by atoms with Crippen LogP contribution in [0.5, 0.6) is 0 Å². The second-order valence-corrected chi connectivity index (χ2v) is 51.1. The van der Waals surface area contributed by atoms with Gasteiger partial charge in [-0.3, -0.25) is 0 Å². The van der Waals surface area contributed by atoms with Crippen molar-refractivity contribution in [1.82, 2.24) is 0 Å². The monoisotopic (exact) mass is 606 g/mol. The predicted octanol–water partition coefficient (Wildman–Crippen LogP) is 8.69. The van der Waals surface area contributed by atoms with Crippen LogP contribution < -0.4 is 21.2 Å². The average molecular weight is 607 g/mol. The second-order valence-electron chi connectivity index (χ2n) is 18.6. The molecule has 10 heterocycles. The summed E-state index contributed by atoms with van der Waals surface area (Å²) in [5.74, 6) is 0. The molecule has 4 aromatic carbocycles. The number of hydrogen-bond acceptors (Lipinski definition) is 0. The van der Waals surface area contributed by atoms with Gasteiger partial charge in [0, 0.05) is 0 Å². The molecule has 0 amide bonds. The molecule has 0 aliphatic carbocycles. The number of fused-ring (bicyclic) bond motifs is 10.